The van der Waals surface area contributed by atoms with Crippen LogP contribution in [0.25, 0.3) is 0 Å². The second-order valence-electron chi connectivity index (χ2n) is 4.32. The van der Waals surface area contributed by atoms with Crippen LogP contribution in [0.3, 0.4) is 0 Å². The highest BCUT2D eigenvalue weighted by atomic mass is 32.1. The highest BCUT2D eigenvalue weighted by Gasteiger charge is 2.09. The number of anilines is 1. The number of amides is 1. The number of thiazole rings is 1. The predicted octanol–water partition coefficient (Wildman–Crippen LogP) is 2.73. The van der Waals surface area contributed by atoms with Crippen molar-refractivity contribution in [3.8, 4) is 0 Å². The van der Waals surface area contributed by atoms with Crippen LogP contribution in [0.15, 0.2) is 23.6 Å². The van der Waals surface area contributed by atoms with Gasteiger partial charge in [0.15, 0.2) is 0 Å². The summed E-state index contributed by atoms with van der Waals surface area (Å²) in [7, 11) is 1.86. The van der Waals surface area contributed by atoms with Gasteiger partial charge in [0.1, 0.15) is 0 Å². The van der Waals surface area contributed by atoms with Gasteiger partial charge in [-0.1, -0.05) is 0 Å². The van der Waals surface area contributed by atoms with Crippen LogP contribution in [0.2, 0.25) is 0 Å². The van der Waals surface area contributed by atoms with Crippen molar-refractivity contribution < 1.29 is 4.79 Å². The van der Waals surface area contributed by atoms with Crippen LogP contribution in [-0.4, -0.2) is 17.9 Å². The smallest absolute Gasteiger partial charge is 0.251 e. The Morgan fingerprint density at radius 2 is 2.16 bits per heavy atom. The van der Waals surface area contributed by atoms with E-state index >= 15 is 0 Å². The Kier molecular flexibility index (Phi) is 4.16. The van der Waals surface area contributed by atoms with Crippen LogP contribution in [0.5, 0.6) is 0 Å². The van der Waals surface area contributed by atoms with E-state index in [1.54, 1.807) is 11.3 Å². The summed E-state index contributed by atoms with van der Waals surface area (Å²) in [6.07, 6.45) is 0. The van der Waals surface area contributed by atoms with Gasteiger partial charge in [-0.2, -0.15) is 0 Å². The van der Waals surface area contributed by atoms with E-state index in [1.807, 2.05) is 44.5 Å². The maximum atomic E-state index is 12.1. The van der Waals surface area contributed by atoms with Crippen LogP contribution >= 0.6 is 11.3 Å². The van der Waals surface area contributed by atoms with Gasteiger partial charge < -0.3 is 10.6 Å². The molecule has 2 aromatic rings. The minimum atomic E-state index is -0.0641. The van der Waals surface area contributed by atoms with Crippen molar-refractivity contribution in [3.05, 3.63) is 45.4 Å². The number of hydrogen-bond donors (Lipinski definition) is 2. The third-order valence-electron chi connectivity index (χ3n) is 2.86. The first-order valence-corrected chi connectivity index (χ1v) is 6.95. The van der Waals surface area contributed by atoms with E-state index in [2.05, 4.69) is 15.6 Å². The van der Waals surface area contributed by atoms with E-state index in [4.69, 9.17) is 0 Å². The number of carbonyl (C=O) groups excluding carboxylic acids is 1. The van der Waals surface area contributed by atoms with Gasteiger partial charge in [-0.25, -0.2) is 4.98 Å². The summed E-state index contributed by atoms with van der Waals surface area (Å²) in [5.74, 6) is -0.0641. The lowest BCUT2D eigenvalue weighted by atomic mass is 10.1. The number of aryl methyl sites for hydroxylation is 2. The Labute approximate surface area is 116 Å². The molecule has 0 radical (unpaired) electrons. The van der Waals surface area contributed by atoms with Crippen molar-refractivity contribution >= 4 is 22.9 Å². The van der Waals surface area contributed by atoms with Gasteiger partial charge >= 0.3 is 0 Å². The van der Waals surface area contributed by atoms with Crippen molar-refractivity contribution in [1.29, 1.82) is 0 Å². The van der Waals surface area contributed by atoms with Crippen LogP contribution in [0.4, 0.5) is 5.69 Å². The zero-order chi connectivity index (χ0) is 13.8. The summed E-state index contributed by atoms with van der Waals surface area (Å²) in [6, 6.07) is 5.69. The molecule has 5 heteroatoms. The summed E-state index contributed by atoms with van der Waals surface area (Å²) in [5.41, 5.74) is 3.56. The molecule has 2 N–H and O–H groups in total. The molecule has 0 aliphatic rings. The molecule has 100 valence electrons. The molecule has 1 heterocycles. The van der Waals surface area contributed by atoms with Crippen molar-refractivity contribution in [1.82, 2.24) is 10.3 Å². The van der Waals surface area contributed by atoms with Crippen molar-refractivity contribution in [2.24, 2.45) is 0 Å². The number of hydrogen-bond acceptors (Lipinski definition) is 4. The number of rotatable bonds is 4. The summed E-state index contributed by atoms with van der Waals surface area (Å²) in [5, 5.41) is 8.92. The van der Waals surface area contributed by atoms with Gasteiger partial charge in [0.25, 0.3) is 5.91 Å². The fourth-order valence-corrected chi connectivity index (χ4v) is 2.44. The van der Waals surface area contributed by atoms with E-state index in [-0.39, 0.29) is 5.91 Å². The van der Waals surface area contributed by atoms with E-state index in [9.17, 15) is 4.79 Å². The lowest BCUT2D eigenvalue weighted by molar-refractivity contribution is 0.0950. The van der Waals surface area contributed by atoms with Crippen molar-refractivity contribution in [2.75, 3.05) is 12.4 Å². The predicted molar refractivity (Wildman–Crippen MR) is 78.7 cm³/mol. The summed E-state index contributed by atoms with van der Waals surface area (Å²) >= 11 is 1.59. The molecule has 0 saturated carbocycles. The van der Waals surface area contributed by atoms with Crippen LogP contribution in [0.1, 0.15) is 26.6 Å². The topological polar surface area (TPSA) is 54.0 Å². The molecule has 0 fully saturated rings. The summed E-state index contributed by atoms with van der Waals surface area (Å²) < 4.78 is 0. The van der Waals surface area contributed by atoms with Crippen molar-refractivity contribution in [3.63, 3.8) is 0 Å². The molecule has 0 aliphatic heterocycles. The third kappa shape index (κ3) is 3.32. The Morgan fingerprint density at radius 1 is 1.37 bits per heavy atom. The summed E-state index contributed by atoms with van der Waals surface area (Å²) in [4.78, 5) is 16.4. The Bertz CT molecular complexity index is 592. The molecule has 0 spiro atoms. The zero-order valence-electron chi connectivity index (χ0n) is 11.3. The lowest BCUT2D eigenvalue weighted by Crippen LogP contribution is -2.23. The molecule has 1 aromatic carbocycles. The Balaban J connectivity index is 2.03. The number of nitrogens with zero attached hydrogens (tertiary/aromatic N) is 1. The maximum Gasteiger partial charge on any atom is 0.251 e. The van der Waals surface area contributed by atoms with E-state index in [0.29, 0.717) is 12.1 Å². The van der Waals surface area contributed by atoms with E-state index < -0.39 is 0 Å². The van der Waals surface area contributed by atoms with Gasteiger partial charge in [-0.15, -0.1) is 11.3 Å². The molecule has 1 aromatic heterocycles. The molecule has 0 unspecified atom stereocenters. The molecule has 19 heavy (non-hydrogen) atoms. The molecule has 0 saturated heterocycles. The molecular formula is C14H17N3OS. The number of aromatic nitrogens is 1. The maximum absolute atomic E-state index is 12.1. The number of nitrogens with one attached hydrogen (secondary N) is 2. The highest BCUT2D eigenvalue weighted by Crippen LogP contribution is 2.15. The molecule has 0 atom stereocenters. The average Bonchev–Trinajstić information content (AvgIpc) is 2.81. The van der Waals surface area contributed by atoms with Crippen molar-refractivity contribution in [2.45, 2.75) is 20.4 Å². The van der Waals surface area contributed by atoms with Gasteiger partial charge in [0.05, 0.1) is 17.2 Å². The monoisotopic (exact) mass is 275 g/mol. The van der Waals surface area contributed by atoms with E-state index in [1.165, 1.54) is 0 Å². The number of carbonyl (C=O) groups is 1. The SMILES string of the molecule is CNc1ccc(C(=O)NCc2csc(C)n2)c(C)c1. The standard InChI is InChI=1S/C14H17N3OS/c1-9-6-11(15-3)4-5-13(9)14(18)16-7-12-8-19-10(2)17-12/h4-6,8,15H,7H2,1-3H3,(H,16,18). The highest BCUT2D eigenvalue weighted by molar-refractivity contribution is 7.09. The third-order valence-corrected chi connectivity index (χ3v) is 3.68. The van der Waals surface area contributed by atoms with Crippen LogP contribution in [-0.2, 0) is 6.54 Å². The molecular weight excluding hydrogens is 258 g/mol. The Morgan fingerprint density at radius 3 is 2.74 bits per heavy atom. The first kappa shape index (κ1) is 13.5. The first-order valence-electron chi connectivity index (χ1n) is 6.07. The molecule has 1 amide bonds. The molecule has 4 nitrogen and oxygen atoms in total. The lowest BCUT2D eigenvalue weighted by Gasteiger charge is -2.08. The number of benzene rings is 1. The molecule has 0 aliphatic carbocycles. The quantitative estimate of drug-likeness (QED) is 0.902. The first-order chi connectivity index (χ1) is 9.10. The Hall–Kier alpha value is -1.88. The van der Waals surface area contributed by atoms with Gasteiger partial charge in [-0.05, 0) is 37.6 Å². The fourth-order valence-electron chi connectivity index (χ4n) is 1.83. The fraction of sp³-hybridized carbons (Fsp3) is 0.286. The molecule has 0 bridgehead atoms. The normalized spacial score (nSPS) is 10.3. The second-order valence-corrected chi connectivity index (χ2v) is 5.38. The van der Waals surface area contributed by atoms with E-state index in [0.717, 1.165) is 22.0 Å². The molecule has 2 rings (SSSR count). The largest absolute Gasteiger partial charge is 0.388 e. The average molecular weight is 275 g/mol. The van der Waals surface area contributed by atoms with Crippen LogP contribution < -0.4 is 10.6 Å². The summed E-state index contributed by atoms with van der Waals surface area (Å²) in [6.45, 7) is 4.36. The minimum Gasteiger partial charge on any atom is -0.388 e. The van der Waals surface area contributed by atoms with Gasteiger partial charge in [0.2, 0.25) is 0 Å². The minimum absolute atomic E-state index is 0.0641. The van der Waals surface area contributed by atoms with Crippen LogP contribution in [0, 0.1) is 13.8 Å². The zero-order valence-corrected chi connectivity index (χ0v) is 12.1. The van der Waals surface area contributed by atoms with Gasteiger partial charge in [-0.3, -0.25) is 4.79 Å². The second kappa shape index (κ2) is 5.84. The van der Waals surface area contributed by atoms with Gasteiger partial charge in [0, 0.05) is 23.7 Å².